The minimum absolute atomic E-state index is 0.00785. The molecule has 11 nitrogen and oxygen atoms in total. The number of benzene rings is 2. The Kier molecular flexibility index (Phi) is 9.93. The first-order valence-corrected chi connectivity index (χ1v) is 15.2. The maximum Gasteiger partial charge on any atom is 0.327 e. The summed E-state index contributed by atoms with van der Waals surface area (Å²) in [6, 6.07) is 16.9. The quantitative estimate of drug-likeness (QED) is 0.161. The molecule has 0 bridgehead atoms. The predicted octanol–water partition coefficient (Wildman–Crippen LogP) is 3.90. The average molecular weight is 588 g/mol. The minimum atomic E-state index is -0.832. The van der Waals surface area contributed by atoms with Crippen molar-refractivity contribution in [2.75, 3.05) is 30.3 Å². The summed E-state index contributed by atoms with van der Waals surface area (Å²) in [6.45, 7) is 5.64. The molecule has 0 saturated carbocycles. The number of H-pyrrole nitrogens is 1. The lowest BCUT2D eigenvalue weighted by Crippen LogP contribution is -2.43. The third-order valence-electron chi connectivity index (χ3n) is 7.94. The van der Waals surface area contributed by atoms with E-state index in [9.17, 15) is 14.7 Å². The highest BCUT2D eigenvalue weighted by molar-refractivity contribution is 5.81. The molecule has 0 radical (unpaired) electrons. The Balaban J connectivity index is 1.36. The van der Waals surface area contributed by atoms with Gasteiger partial charge in [-0.1, -0.05) is 55.8 Å². The number of nitrogens with two attached hydrogens (primary N) is 1. The van der Waals surface area contributed by atoms with E-state index in [4.69, 9.17) is 10.5 Å². The van der Waals surface area contributed by atoms with Crippen molar-refractivity contribution in [2.24, 2.45) is 0 Å². The number of piperidine rings is 1. The summed E-state index contributed by atoms with van der Waals surface area (Å²) in [5.74, 6) is -0.635. The number of nitrogen functional groups attached to an aromatic ring is 1. The zero-order chi connectivity index (χ0) is 30.2. The first-order chi connectivity index (χ1) is 20.9. The van der Waals surface area contributed by atoms with Crippen LogP contribution in [0.4, 0.5) is 11.5 Å². The number of carboxylic acids is 1. The van der Waals surface area contributed by atoms with Crippen LogP contribution in [0.1, 0.15) is 55.7 Å². The van der Waals surface area contributed by atoms with Crippen molar-refractivity contribution in [3.8, 4) is 6.01 Å². The molecular formula is C32H41N7O4. The smallest absolute Gasteiger partial charge is 0.327 e. The molecule has 0 spiro atoms. The summed E-state index contributed by atoms with van der Waals surface area (Å²) >= 11 is 0. The molecule has 2 aromatic heterocycles. The van der Waals surface area contributed by atoms with Crippen molar-refractivity contribution in [3.63, 3.8) is 0 Å². The van der Waals surface area contributed by atoms with Gasteiger partial charge in [-0.25, -0.2) is 4.79 Å². The number of anilines is 2. The number of aromatic nitrogens is 4. The molecular weight excluding hydrogens is 546 g/mol. The van der Waals surface area contributed by atoms with Gasteiger partial charge in [0.15, 0.2) is 11.5 Å². The van der Waals surface area contributed by atoms with Crippen molar-refractivity contribution in [3.05, 3.63) is 75.7 Å². The number of unbranched alkanes of at least 4 members (excludes halogenated alkanes) is 1. The van der Waals surface area contributed by atoms with Crippen LogP contribution in [0.3, 0.4) is 0 Å². The highest BCUT2D eigenvalue weighted by Crippen LogP contribution is 2.29. The summed E-state index contributed by atoms with van der Waals surface area (Å²) < 4.78 is 7.29. The number of carbonyl (C=O) groups is 1. The molecule has 4 aromatic rings. The van der Waals surface area contributed by atoms with Gasteiger partial charge in [0.05, 0.1) is 13.0 Å². The normalized spacial score (nSPS) is 13.8. The van der Waals surface area contributed by atoms with Crippen LogP contribution in [0.5, 0.6) is 6.01 Å². The van der Waals surface area contributed by atoms with Gasteiger partial charge in [-0.2, -0.15) is 9.97 Å². The van der Waals surface area contributed by atoms with Crippen molar-refractivity contribution in [1.29, 1.82) is 0 Å². The number of nitrogens with one attached hydrogen (secondary N) is 2. The van der Waals surface area contributed by atoms with Crippen LogP contribution in [0.15, 0.2) is 53.3 Å². The summed E-state index contributed by atoms with van der Waals surface area (Å²) in [7, 11) is 0. The Hall–Kier alpha value is -4.38. The number of imidazole rings is 1. The molecule has 0 unspecified atom stereocenters. The van der Waals surface area contributed by atoms with Crippen LogP contribution in [0.2, 0.25) is 0 Å². The Morgan fingerprint density at radius 1 is 1.12 bits per heavy atom. The number of aliphatic carboxylic acids is 1. The SMILES string of the molecule is CCCCOc1nc(N)c2[nH]c(=O)n(CCCc3ccccc3N(Cc3cccc(CC(=O)O)c3)C3CCNCC3)c2n1. The number of aromatic amines is 1. The third kappa shape index (κ3) is 7.53. The molecule has 5 N–H and O–H groups in total. The fourth-order valence-corrected chi connectivity index (χ4v) is 5.78. The molecule has 0 amide bonds. The number of rotatable bonds is 14. The number of nitrogens with zero attached hydrogens (tertiary/aromatic N) is 4. The first kappa shape index (κ1) is 30.1. The van der Waals surface area contributed by atoms with E-state index in [1.165, 1.54) is 11.3 Å². The van der Waals surface area contributed by atoms with Gasteiger partial charge < -0.3 is 30.8 Å². The monoisotopic (exact) mass is 587 g/mol. The third-order valence-corrected chi connectivity index (χ3v) is 7.94. The van der Waals surface area contributed by atoms with Gasteiger partial charge in [-0.15, -0.1) is 0 Å². The van der Waals surface area contributed by atoms with Gasteiger partial charge in [0.2, 0.25) is 0 Å². The van der Waals surface area contributed by atoms with Crippen LogP contribution in [-0.4, -0.2) is 56.3 Å². The molecule has 1 fully saturated rings. The number of ether oxygens (including phenoxy) is 1. The number of carboxylic acid groups (broad SMARTS) is 1. The Labute approximate surface area is 251 Å². The van der Waals surface area contributed by atoms with Gasteiger partial charge in [-0.3, -0.25) is 9.36 Å². The van der Waals surface area contributed by atoms with Gasteiger partial charge in [0, 0.05) is 24.8 Å². The average Bonchev–Trinajstić information content (AvgIpc) is 3.32. The topological polar surface area (TPSA) is 151 Å². The number of hydrogen-bond acceptors (Lipinski definition) is 8. The van der Waals surface area contributed by atoms with E-state index < -0.39 is 5.97 Å². The van der Waals surface area contributed by atoms with E-state index in [2.05, 4.69) is 62.4 Å². The number of para-hydroxylation sites is 1. The molecule has 3 heterocycles. The molecule has 228 valence electrons. The molecule has 0 atom stereocenters. The summed E-state index contributed by atoms with van der Waals surface area (Å²) in [4.78, 5) is 38.2. The molecule has 43 heavy (non-hydrogen) atoms. The van der Waals surface area contributed by atoms with E-state index in [1.807, 2.05) is 18.2 Å². The maximum absolute atomic E-state index is 12.9. The molecule has 0 aliphatic carbocycles. The molecule has 1 aliphatic heterocycles. The van der Waals surface area contributed by atoms with Crippen LogP contribution >= 0.6 is 0 Å². The lowest BCUT2D eigenvalue weighted by molar-refractivity contribution is -0.136. The minimum Gasteiger partial charge on any atom is -0.481 e. The molecule has 1 saturated heterocycles. The predicted molar refractivity (Wildman–Crippen MR) is 168 cm³/mol. The zero-order valence-electron chi connectivity index (χ0n) is 24.7. The summed E-state index contributed by atoms with van der Waals surface area (Å²) in [5.41, 5.74) is 11.0. The maximum atomic E-state index is 12.9. The van der Waals surface area contributed by atoms with E-state index in [0.717, 1.165) is 56.3 Å². The Bertz CT molecular complexity index is 1590. The van der Waals surface area contributed by atoms with E-state index in [-0.39, 0.29) is 23.9 Å². The zero-order valence-corrected chi connectivity index (χ0v) is 24.7. The van der Waals surface area contributed by atoms with Crippen LogP contribution in [0, 0.1) is 0 Å². The number of aryl methyl sites for hydroxylation is 2. The van der Waals surface area contributed by atoms with Crippen molar-refractivity contribution >= 4 is 28.6 Å². The van der Waals surface area contributed by atoms with Crippen LogP contribution in [0.25, 0.3) is 11.2 Å². The molecule has 2 aromatic carbocycles. The largest absolute Gasteiger partial charge is 0.481 e. The van der Waals surface area contributed by atoms with E-state index in [0.29, 0.717) is 43.3 Å². The Morgan fingerprint density at radius 3 is 2.70 bits per heavy atom. The lowest BCUT2D eigenvalue weighted by Gasteiger charge is -2.38. The molecule has 5 rings (SSSR count). The highest BCUT2D eigenvalue weighted by Gasteiger charge is 2.24. The first-order valence-electron chi connectivity index (χ1n) is 15.2. The highest BCUT2D eigenvalue weighted by atomic mass is 16.5. The summed E-state index contributed by atoms with van der Waals surface area (Å²) in [6.07, 6.45) is 5.40. The summed E-state index contributed by atoms with van der Waals surface area (Å²) in [5, 5.41) is 12.8. The lowest BCUT2D eigenvalue weighted by atomic mass is 9.99. The van der Waals surface area contributed by atoms with Crippen molar-refractivity contribution in [2.45, 2.75) is 71.0 Å². The van der Waals surface area contributed by atoms with Crippen LogP contribution < -0.4 is 26.4 Å². The van der Waals surface area contributed by atoms with Crippen molar-refractivity contribution in [1.82, 2.24) is 24.8 Å². The van der Waals surface area contributed by atoms with Gasteiger partial charge in [0.1, 0.15) is 5.52 Å². The molecule has 11 heteroatoms. The second-order valence-corrected chi connectivity index (χ2v) is 11.1. The van der Waals surface area contributed by atoms with Crippen molar-refractivity contribution < 1.29 is 14.6 Å². The fourth-order valence-electron chi connectivity index (χ4n) is 5.78. The Morgan fingerprint density at radius 2 is 1.91 bits per heavy atom. The number of fused-ring (bicyclic) bond motifs is 1. The second-order valence-electron chi connectivity index (χ2n) is 11.1. The van der Waals surface area contributed by atoms with E-state index >= 15 is 0 Å². The molecule has 1 aliphatic rings. The van der Waals surface area contributed by atoms with E-state index in [1.54, 1.807) is 4.57 Å². The van der Waals surface area contributed by atoms with Gasteiger partial charge in [-0.05, 0) is 68.0 Å². The van der Waals surface area contributed by atoms with Gasteiger partial charge in [0.25, 0.3) is 0 Å². The fraction of sp³-hybridized carbons (Fsp3) is 0.438. The number of hydrogen-bond donors (Lipinski definition) is 4. The van der Waals surface area contributed by atoms with Gasteiger partial charge >= 0.3 is 17.7 Å². The standard InChI is InChI=1S/C32H41N7O4/c1-2-3-18-43-31-36-29(33)28-30(37-31)38(32(42)35-28)17-7-11-24-10-4-5-12-26(24)39(25-13-15-34-16-14-25)21-23-9-6-8-22(19-23)20-27(40)41/h4-6,8-10,12,19,25,34H,2-3,7,11,13-18,20-21H2,1H3,(H,35,42)(H,40,41)(H2,33,36,37). The second kappa shape index (κ2) is 14.2. The van der Waals surface area contributed by atoms with Crippen LogP contribution in [-0.2, 0) is 30.7 Å².